The van der Waals surface area contributed by atoms with E-state index in [4.69, 9.17) is 5.11 Å². The normalized spacial score (nSPS) is 10.5. The van der Waals surface area contributed by atoms with E-state index in [0.29, 0.717) is 6.54 Å². The molecule has 0 aliphatic rings. The Bertz CT molecular complexity index is 660. The Labute approximate surface area is 120 Å². The lowest BCUT2D eigenvalue weighted by Gasteiger charge is -2.07. The molecule has 0 saturated heterocycles. The van der Waals surface area contributed by atoms with Crippen molar-refractivity contribution in [1.29, 1.82) is 0 Å². The highest BCUT2D eigenvalue weighted by Crippen LogP contribution is 2.05. The molecule has 1 heterocycles. The number of hydrogen-bond donors (Lipinski definition) is 2. The first-order valence-electron chi connectivity index (χ1n) is 6.20. The van der Waals surface area contributed by atoms with Crippen molar-refractivity contribution in [1.82, 2.24) is 9.88 Å². The first-order chi connectivity index (χ1) is 9.60. The molecule has 0 fully saturated rings. The van der Waals surface area contributed by atoms with E-state index in [1.807, 2.05) is 24.3 Å². The maximum absolute atomic E-state index is 11.8. The third-order valence-electron chi connectivity index (χ3n) is 2.94. The molecule has 0 bridgehead atoms. The van der Waals surface area contributed by atoms with Crippen molar-refractivity contribution in [2.75, 3.05) is 0 Å². The van der Waals surface area contributed by atoms with E-state index in [0.717, 1.165) is 28.2 Å². The summed E-state index contributed by atoms with van der Waals surface area (Å²) < 4.78 is 1.45. The molecule has 6 heteroatoms. The molecule has 0 spiro atoms. The number of aromatic nitrogens is 1. The topological polar surface area (TPSA) is 71.3 Å². The molecule has 0 unspecified atom stereocenters. The van der Waals surface area contributed by atoms with E-state index < -0.39 is 0 Å². The minimum atomic E-state index is -0.206. The van der Waals surface area contributed by atoms with Crippen LogP contribution >= 0.6 is 11.3 Å². The highest BCUT2D eigenvalue weighted by atomic mass is 32.1. The van der Waals surface area contributed by atoms with Crippen molar-refractivity contribution < 1.29 is 9.90 Å². The zero-order valence-electron chi connectivity index (χ0n) is 11.1. The van der Waals surface area contributed by atoms with Gasteiger partial charge < -0.3 is 10.4 Å². The lowest BCUT2D eigenvalue weighted by molar-refractivity contribution is -0.121. The van der Waals surface area contributed by atoms with Crippen molar-refractivity contribution in [3.8, 4) is 0 Å². The number of carbonyl (C=O) groups is 1. The van der Waals surface area contributed by atoms with Crippen LogP contribution in [0.3, 0.4) is 0 Å². The van der Waals surface area contributed by atoms with Crippen LogP contribution in [0.4, 0.5) is 0 Å². The van der Waals surface area contributed by atoms with E-state index in [-0.39, 0.29) is 23.9 Å². The molecular weight excluding hydrogens is 276 g/mol. The van der Waals surface area contributed by atoms with Crippen molar-refractivity contribution >= 4 is 17.2 Å². The molecule has 0 saturated carbocycles. The third kappa shape index (κ3) is 3.55. The fourth-order valence-electron chi connectivity index (χ4n) is 1.83. The van der Waals surface area contributed by atoms with Gasteiger partial charge in [-0.05, 0) is 18.1 Å². The second-order valence-electron chi connectivity index (χ2n) is 4.48. The molecule has 1 aromatic carbocycles. The van der Waals surface area contributed by atoms with E-state index >= 15 is 0 Å². The SMILES string of the molecule is Cc1csc(=O)n1CC(=O)NCc1cccc(CO)c1. The van der Waals surface area contributed by atoms with Crippen molar-refractivity contribution in [3.63, 3.8) is 0 Å². The van der Waals surface area contributed by atoms with E-state index in [1.54, 1.807) is 12.3 Å². The molecule has 0 aliphatic carbocycles. The van der Waals surface area contributed by atoms with Crippen LogP contribution in [0.15, 0.2) is 34.4 Å². The summed E-state index contributed by atoms with van der Waals surface area (Å²) >= 11 is 1.09. The number of nitrogens with one attached hydrogen (secondary N) is 1. The number of hydrogen-bond acceptors (Lipinski definition) is 4. The number of aryl methyl sites for hydroxylation is 1. The quantitative estimate of drug-likeness (QED) is 0.864. The second kappa shape index (κ2) is 6.49. The largest absolute Gasteiger partial charge is 0.392 e. The van der Waals surface area contributed by atoms with E-state index in [9.17, 15) is 9.59 Å². The lowest BCUT2D eigenvalue weighted by Crippen LogP contribution is -2.30. The van der Waals surface area contributed by atoms with Crippen LogP contribution in [0.2, 0.25) is 0 Å². The molecule has 20 heavy (non-hydrogen) atoms. The molecule has 1 amide bonds. The summed E-state index contributed by atoms with van der Waals surface area (Å²) in [6.45, 7) is 2.19. The van der Waals surface area contributed by atoms with Gasteiger partial charge in [-0.3, -0.25) is 14.2 Å². The van der Waals surface area contributed by atoms with Gasteiger partial charge in [0.1, 0.15) is 6.54 Å². The number of thiazole rings is 1. The smallest absolute Gasteiger partial charge is 0.307 e. The number of carbonyl (C=O) groups excluding carboxylic acids is 1. The zero-order chi connectivity index (χ0) is 14.5. The molecule has 2 rings (SSSR count). The van der Waals surface area contributed by atoms with Crippen molar-refractivity contribution in [3.05, 3.63) is 56.1 Å². The highest BCUT2D eigenvalue weighted by Gasteiger charge is 2.08. The van der Waals surface area contributed by atoms with Crippen LogP contribution in [-0.4, -0.2) is 15.6 Å². The summed E-state index contributed by atoms with van der Waals surface area (Å²) in [5.41, 5.74) is 2.51. The number of amides is 1. The van der Waals surface area contributed by atoms with Gasteiger partial charge in [0.15, 0.2) is 0 Å². The summed E-state index contributed by atoms with van der Waals surface area (Å²) in [4.78, 5) is 23.2. The molecule has 106 valence electrons. The van der Waals surface area contributed by atoms with Gasteiger partial charge >= 0.3 is 4.87 Å². The Morgan fingerprint density at radius 1 is 1.40 bits per heavy atom. The molecule has 2 aromatic rings. The number of rotatable bonds is 5. The molecule has 0 aliphatic heterocycles. The predicted octanol–water partition coefficient (Wildman–Crippen LogP) is 1.03. The van der Waals surface area contributed by atoms with Gasteiger partial charge in [-0.25, -0.2) is 0 Å². The van der Waals surface area contributed by atoms with Gasteiger partial charge in [0.25, 0.3) is 0 Å². The monoisotopic (exact) mass is 292 g/mol. The molecule has 0 radical (unpaired) electrons. The first-order valence-corrected chi connectivity index (χ1v) is 7.08. The fourth-order valence-corrected chi connectivity index (χ4v) is 2.57. The number of benzene rings is 1. The van der Waals surface area contributed by atoms with Crippen LogP contribution in [0, 0.1) is 6.92 Å². The second-order valence-corrected chi connectivity index (χ2v) is 5.30. The van der Waals surface area contributed by atoms with Crippen LogP contribution in [0.1, 0.15) is 16.8 Å². The van der Waals surface area contributed by atoms with Gasteiger partial charge in [-0.1, -0.05) is 35.6 Å². The predicted molar refractivity (Wildman–Crippen MR) is 77.5 cm³/mol. The van der Waals surface area contributed by atoms with Crippen LogP contribution < -0.4 is 10.2 Å². The van der Waals surface area contributed by atoms with E-state index in [2.05, 4.69) is 5.32 Å². The van der Waals surface area contributed by atoms with Gasteiger partial charge in [0, 0.05) is 17.6 Å². The van der Waals surface area contributed by atoms with Gasteiger partial charge in [-0.15, -0.1) is 0 Å². The van der Waals surface area contributed by atoms with E-state index in [1.165, 1.54) is 4.57 Å². The summed E-state index contributed by atoms with van der Waals surface area (Å²) in [7, 11) is 0. The summed E-state index contributed by atoms with van der Waals surface area (Å²) in [6, 6.07) is 7.36. The average Bonchev–Trinajstić information content (AvgIpc) is 2.77. The fraction of sp³-hybridized carbons (Fsp3) is 0.286. The van der Waals surface area contributed by atoms with Gasteiger partial charge in [-0.2, -0.15) is 0 Å². The minimum Gasteiger partial charge on any atom is -0.392 e. The number of aliphatic hydroxyl groups excluding tert-OH is 1. The third-order valence-corrected chi connectivity index (χ3v) is 3.82. The van der Waals surface area contributed by atoms with Crippen molar-refractivity contribution in [2.45, 2.75) is 26.6 Å². The first kappa shape index (κ1) is 14.5. The summed E-state index contributed by atoms with van der Waals surface area (Å²) in [5, 5.41) is 13.6. The Morgan fingerprint density at radius 3 is 2.80 bits per heavy atom. The molecule has 1 aromatic heterocycles. The zero-order valence-corrected chi connectivity index (χ0v) is 11.9. The van der Waals surface area contributed by atoms with Crippen LogP contribution in [0.5, 0.6) is 0 Å². The van der Waals surface area contributed by atoms with Gasteiger partial charge in [0.05, 0.1) is 6.61 Å². The summed E-state index contributed by atoms with van der Waals surface area (Å²) in [5.74, 6) is -0.206. The van der Waals surface area contributed by atoms with Crippen molar-refractivity contribution in [2.24, 2.45) is 0 Å². The van der Waals surface area contributed by atoms with Crippen LogP contribution in [-0.2, 0) is 24.5 Å². The Kier molecular flexibility index (Phi) is 4.70. The molecule has 2 N–H and O–H groups in total. The number of aliphatic hydroxyl groups is 1. The number of nitrogens with zero attached hydrogens (tertiary/aromatic N) is 1. The molecular formula is C14H16N2O3S. The minimum absolute atomic E-state index is 0.0225. The lowest BCUT2D eigenvalue weighted by atomic mass is 10.1. The van der Waals surface area contributed by atoms with Crippen LogP contribution in [0.25, 0.3) is 0 Å². The maximum atomic E-state index is 11.8. The molecule has 5 nitrogen and oxygen atoms in total. The standard InChI is InChI=1S/C14H16N2O3S/c1-10-9-20-14(19)16(10)7-13(18)15-6-11-3-2-4-12(5-11)8-17/h2-5,9,17H,6-8H2,1H3,(H,15,18). The Hall–Kier alpha value is -1.92. The Morgan fingerprint density at radius 2 is 2.15 bits per heavy atom. The molecule has 0 atom stereocenters. The Balaban J connectivity index is 1.94. The van der Waals surface area contributed by atoms with Gasteiger partial charge in [0.2, 0.25) is 5.91 Å². The average molecular weight is 292 g/mol. The summed E-state index contributed by atoms with van der Waals surface area (Å²) in [6.07, 6.45) is 0. The highest BCUT2D eigenvalue weighted by molar-refractivity contribution is 7.07. The maximum Gasteiger partial charge on any atom is 0.307 e.